The number of aromatic nitrogens is 4. The van der Waals surface area contributed by atoms with Crippen LogP contribution in [0.5, 0.6) is 0 Å². The monoisotopic (exact) mass is 434 g/mol. The molecule has 0 N–H and O–H groups in total. The van der Waals surface area contributed by atoms with Gasteiger partial charge in [-0.05, 0) is 60.2 Å². The third-order valence-electron chi connectivity index (χ3n) is 5.57. The number of hydrogen-bond donors (Lipinski definition) is 0. The number of thioether (sulfide) groups is 1. The molecule has 3 aromatic heterocycles. The van der Waals surface area contributed by atoms with Crippen molar-refractivity contribution in [2.45, 2.75) is 36.7 Å². The van der Waals surface area contributed by atoms with Gasteiger partial charge in [-0.3, -0.25) is 9.55 Å². The van der Waals surface area contributed by atoms with Gasteiger partial charge in [0.1, 0.15) is 5.58 Å². The van der Waals surface area contributed by atoms with Crippen LogP contribution in [0, 0.1) is 0 Å². The molecule has 0 atom stereocenters. The number of ether oxygens (including phenoxy) is 1. The molecule has 5 rings (SSSR count). The van der Waals surface area contributed by atoms with Gasteiger partial charge in [-0.1, -0.05) is 11.8 Å². The minimum atomic E-state index is -0.320. The summed E-state index contributed by atoms with van der Waals surface area (Å²) in [6.45, 7) is 1.18. The molecular formula is C23H22N4O3S. The number of benzene rings is 1. The van der Waals surface area contributed by atoms with E-state index in [1.165, 1.54) is 11.1 Å². The first-order valence-electron chi connectivity index (χ1n) is 10.3. The molecule has 0 saturated carbocycles. The summed E-state index contributed by atoms with van der Waals surface area (Å²) in [4.78, 5) is 16.3. The smallest absolute Gasteiger partial charge is 0.336 e. The Balaban J connectivity index is 1.48. The number of nitrogens with zero attached hydrogens (tertiary/aromatic N) is 4. The van der Waals surface area contributed by atoms with Gasteiger partial charge in [0.05, 0.1) is 13.2 Å². The minimum Gasteiger partial charge on any atom is -0.423 e. The molecule has 0 saturated heterocycles. The lowest BCUT2D eigenvalue weighted by Crippen LogP contribution is -2.08. The minimum absolute atomic E-state index is 0.320. The van der Waals surface area contributed by atoms with Gasteiger partial charge in [0, 0.05) is 42.3 Å². The van der Waals surface area contributed by atoms with E-state index in [2.05, 4.69) is 25.8 Å². The molecule has 1 aliphatic rings. The zero-order valence-electron chi connectivity index (χ0n) is 17.2. The van der Waals surface area contributed by atoms with Crippen molar-refractivity contribution >= 4 is 22.7 Å². The third kappa shape index (κ3) is 4.00. The summed E-state index contributed by atoms with van der Waals surface area (Å²) in [7, 11) is 1.68. The lowest BCUT2D eigenvalue weighted by Gasteiger charge is -2.11. The molecule has 1 aromatic carbocycles. The highest BCUT2D eigenvalue weighted by Gasteiger charge is 2.18. The van der Waals surface area contributed by atoms with Crippen molar-refractivity contribution in [3.05, 3.63) is 69.8 Å². The molecule has 8 heteroatoms. The average molecular weight is 435 g/mol. The van der Waals surface area contributed by atoms with Gasteiger partial charge < -0.3 is 9.15 Å². The van der Waals surface area contributed by atoms with E-state index >= 15 is 0 Å². The second kappa shape index (κ2) is 8.64. The lowest BCUT2D eigenvalue weighted by molar-refractivity contribution is 0.185. The highest BCUT2D eigenvalue weighted by molar-refractivity contribution is 7.98. The van der Waals surface area contributed by atoms with Crippen molar-refractivity contribution in [1.82, 2.24) is 19.7 Å². The predicted molar refractivity (Wildman–Crippen MR) is 119 cm³/mol. The molecule has 31 heavy (non-hydrogen) atoms. The van der Waals surface area contributed by atoms with E-state index in [-0.39, 0.29) is 5.63 Å². The summed E-state index contributed by atoms with van der Waals surface area (Å²) in [5.41, 5.74) is 4.91. The van der Waals surface area contributed by atoms with Crippen LogP contribution < -0.4 is 5.63 Å². The Bertz CT molecular complexity index is 1280. The van der Waals surface area contributed by atoms with Crippen molar-refractivity contribution in [3.63, 3.8) is 0 Å². The predicted octanol–water partition coefficient (Wildman–Crippen LogP) is 3.87. The first kappa shape index (κ1) is 20.0. The van der Waals surface area contributed by atoms with E-state index in [1.54, 1.807) is 37.3 Å². The van der Waals surface area contributed by atoms with E-state index in [0.717, 1.165) is 46.8 Å². The fraction of sp³-hybridized carbons (Fsp3) is 0.304. The van der Waals surface area contributed by atoms with Gasteiger partial charge in [0.2, 0.25) is 0 Å². The van der Waals surface area contributed by atoms with Crippen LogP contribution in [-0.2, 0) is 29.9 Å². The van der Waals surface area contributed by atoms with Crippen LogP contribution in [0.3, 0.4) is 0 Å². The Morgan fingerprint density at radius 1 is 1.13 bits per heavy atom. The first-order valence-corrected chi connectivity index (χ1v) is 11.3. The van der Waals surface area contributed by atoms with E-state index in [9.17, 15) is 4.79 Å². The van der Waals surface area contributed by atoms with Gasteiger partial charge >= 0.3 is 5.63 Å². The van der Waals surface area contributed by atoms with Gasteiger partial charge in [-0.2, -0.15) is 0 Å². The molecule has 0 bridgehead atoms. The van der Waals surface area contributed by atoms with Crippen LogP contribution in [-0.4, -0.2) is 33.5 Å². The maximum absolute atomic E-state index is 12.2. The van der Waals surface area contributed by atoms with Crippen molar-refractivity contribution < 1.29 is 9.15 Å². The molecule has 0 unspecified atom stereocenters. The lowest BCUT2D eigenvalue weighted by atomic mass is 10.0. The Labute approximate surface area is 183 Å². The van der Waals surface area contributed by atoms with Crippen LogP contribution in [0.1, 0.15) is 23.1 Å². The maximum Gasteiger partial charge on any atom is 0.336 e. The summed E-state index contributed by atoms with van der Waals surface area (Å²) < 4.78 is 12.8. The van der Waals surface area contributed by atoms with Gasteiger partial charge in [0.25, 0.3) is 0 Å². The molecule has 0 radical (unpaired) electrons. The second-order valence-corrected chi connectivity index (χ2v) is 8.48. The standard InChI is InChI=1S/C23H22N4O3S/c1-29-10-9-27-22(15-5-7-24-8-6-15)25-26-23(27)31-14-18-13-21(28)30-20-12-17-4-2-3-16(17)11-19(18)20/h5-8,11-13H,2-4,9-10,14H2,1H3. The number of methoxy groups -OCH3 is 1. The highest BCUT2D eigenvalue weighted by Crippen LogP contribution is 2.32. The zero-order valence-corrected chi connectivity index (χ0v) is 18.0. The molecule has 0 fully saturated rings. The molecule has 0 amide bonds. The largest absolute Gasteiger partial charge is 0.423 e. The van der Waals surface area contributed by atoms with Crippen LogP contribution in [0.2, 0.25) is 0 Å². The van der Waals surface area contributed by atoms with Crippen LogP contribution in [0.4, 0.5) is 0 Å². The van der Waals surface area contributed by atoms with Crippen molar-refractivity contribution in [1.29, 1.82) is 0 Å². The summed E-state index contributed by atoms with van der Waals surface area (Å²) in [6, 6.07) is 9.65. The normalized spacial score (nSPS) is 13.1. The van der Waals surface area contributed by atoms with Crippen molar-refractivity contribution in [2.24, 2.45) is 0 Å². The fourth-order valence-corrected chi connectivity index (χ4v) is 5.01. The summed E-state index contributed by atoms with van der Waals surface area (Å²) in [5.74, 6) is 1.37. The molecule has 1 aliphatic carbocycles. The summed E-state index contributed by atoms with van der Waals surface area (Å²) >= 11 is 1.56. The Hall–Kier alpha value is -2.97. The molecule has 158 valence electrons. The van der Waals surface area contributed by atoms with Crippen LogP contribution in [0.15, 0.2) is 57.1 Å². The van der Waals surface area contributed by atoms with E-state index in [4.69, 9.17) is 9.15 Å². The van der Waals surface area contributed by atoms with Crippen molar-refractivity contribution in [3.8, 4) is 11.4 Å². The number of aryl methyl sites for hydroxylation is 2. The highest BCUT2D eigenvalue weighted by atomic mass is 32.2. The Morgan fingerprint density at radius 3 is 2.74 bits per heavy atom. The van der Waals surface area contributed by atoms with Crippen molar-refractivity contribution in [2.75, 3.05) is 13.7 Å². The summed E-state index contributed by atoms with van der Waals surface area (Å²) in [6.07, 6.45) is 6.77. The number of fused-ring (bicyclic) bond motifs is 2. The molecule has 0 spiro atoms. The number of rotatable bonds is 7. The first-order chi connectivity index (χ1) is 15.2. The fourth-order valence-electron chi connectivity index (χ4n) is 4.05. The molecule has 3 heterocycles. The molecule has 7 nitrogen and oxygen atoms in total. The zero-order chi connectivity index (χ0) is 21.2. The number of pyridine rings is 1. The molecular weight excluding hydrogens is 412 g/mol. The maximum atomic E-state index is 12.2. The van der Waals surface area contributed by atoms with Gasteiger partial charge in [-0.25, -0.2) is 4.79 Å². The Kier molecular flexibility index (Phi) is 5.57. The Morgan fingerprint density at radius 2 is 1.94 bits per heavy atom. The average Bonchev–Trinajstić information content (AvgIpc) is 3.41. The summed E-state index contributed by atoms with van der Waals surface area (Å²) in [5, 5.41) is 10.6. The topological polar surface area (TPSA) is 83.0 Å². The molecule has 4 aromatic rings. The van der Waals surface area contributed by atoms with Crippen LogP contribution >= 0.6 is 11.8 Å². The van der Waals surface area contributed by atoms with Gasteiger partial charge in [0.15, 0.2) is 11.0 Å². The molecule has 0 aliphatic heterocycles. The van der Waals surface area contributed by atoms with E-state index in [1.807, 2.05) is 18.2 Å². The van der Waals surface area contributed by atoms with Gasteiger partial charge in [-0.15, -0.1) is 10.2 Å². The number of hydrogen-bond acceptors (Lipinski definition) is 7. The van der Waals surface area contributed by atoms with Crippen LogP contribution in [0.25, 0.3) is 22.4 Å². The third-order valence-corrected chi connectivity index (χ3v) is 6.59. The second-order valence-electron chi connectivity index (χ2n) is 7.54. The van der Waals surface area contributed by atoms with E-state index < -0.39 is 0 Å². The van der Waals surface area contributed by atoms with E-state index in [0.29, 0.717) is 24.5 Å². The SMILES string of the molecule is COCCn1c(SCc2cc(=O)oc3cc4c(cc23)CCC4)nnc1-c1ccncc1. The quantitative estimate of drug-likeness (QED) is 0.322.